The third-order valence-electron chi connectivity index (χ3n) is 1.31. The van der Waals surface area contributed by atoms with Crippen molar-refractivity contribution >= 4 is 0 Å². The molecular formula is C7H6F3NO. The molecule has 0 amide bonds. The van der Waals surface area contributed by atoms with E-state index in [2.05, 4.69) is 4.98 Å². The Bertz CT molecular complexity index is 301. The van der Waals surface area contributed by atoms with Crippen LogP contribution in [-0.2, 0) is 0 Å². The van der Waals surface area contributed by atoms with Crippen molar-refractivity contribution in [3.8, 4) is 5.75 Å². The first-order valence-electron chi connectivity index (χ1n) is 3.16. The van der Waals surface area contributed by atoms with Gasteiger partial charge in [-0.3, -0.25) is 0 Å². The predicted octanol–water partition coefficient (Wildman–Crippen LogP) is 2.17. The molecule has 0 atom stereocenters. The fourth-order valence-electron chi connectivity index (χ4n) is 0.801. The van der Waals surface area contributed by atoms with Crippen molar-refractivity contribution in [3.05, 3.63) is 23.3 Å². The number of alkyl halides is 2. The van der Waals surface area contributed by atoms with E-state index in [-0.39, 0.29) is 5.69 Å². The Morgan fingerprint density at radius 1 is 1.50 bits per heavy atom. The molecule has 66 valence electrons. The van der Waals surface area contributed by atoms with E-state index in [1.807, 2.05) is 0 Å². The van der Waals surface area contributed by atoms with Gasteiger partial charge in [0.25, 0.3) is 6.43 Å². The van der Waals surface area contributed by atoms with E-state index in [1.54, 1.807) is 0 Å². The zero-order valence-corrected chi connectivity index (χ0v) is 6.18. The smallest absolute Gasteiger partial charge is 0.284 e. The molecule has 2 nitrogen and oxygen atoms in total. The van der Waals surface area contributed by atoms with Crippen LogP contribution in [0.25, 0.3) is 0 Å². The van der Waals surface area contributed by atoms with Crippen LogP contribution in [0.3, 0.4) is 0 Å². The maximum atomic E-state index is 12.6. The lowest BCUT2D eigenvalue weighted by Gasteiger charge is -2.03. The van der Waals surface area contributed by atoms with Gasteiger partial charge >= 0.3 is 0 Å². The fourth-order valence-corrected chi connectivity index (χ4v) is 0.801. The molecule has 0 aliphatic carbocycles. The van der Waals surface area contributed by atoms with Gasteiger partial charge in [-0.15, -0.1) is 0 Å². The zero-order valence-electron chi connectivity index (χ0n) is 6.18. The maximum absolute atomic E-state index is 12.6. The highest BCUT2D eigenvalue weighted by Crippen LogP contribution is 2.28. The van der Waals surface area contributed by atoms with Crippen LogP contribution in [0, 0.1) is 12.7 Å². The van der Waals surface area contributed by atoms with Crippen molar-refractivity contribution in [3.63, 3.8) is 0 Å². The summed E-state index contributed by atoms with van der Waals surface area (Å²) in [5.41, 5.74) is -0.798. The molecule has 0 spiro atoms. The van der Waals surface area contributed by atoms with Gasteiger partial charge in [0.15, 0.2) is 17.3 Å². The number of hydrogen-bond donors (Lipinski definition) is 1. The second-order valence-corrected chi connectivity index (χ2v) is 2.28. The Hall–Kier alpha value is -1.26. The van der Waals surface area contributed by atoms with E-state index in [4.69, 9.17) is 5.11 Å². The number of aryl methyl sites for hydroxylation is 1. The summed E-state index contributed by atoms with van der Waals surface area (Å²) >= 11 is 0. The van der Waals surface area contributed by atoms with Crippen molar-refractivity contribution in [1.82, 2.24) is 4.98 Å². The molecule has 0 saturated heterocycles. The average Bonchev–Trinajstić information content (AvgIpc) is 1.96. The van der Waals surface area contributed by atoms with E-state index >= 15 is 0 Å². The van der Waals surface area contributed by atoms with Crippen LogP contribution in [0.5, 0.6) is 5.75 Å². The summed E-state index contributed by atoms with van der Waals surface area (Å²) in [7, 11) is 0. The van der Waals surface area contributed by atoms with Gasteiger partial charge in [0.05, 0.1) is 0 Å². The predicted molar refractivity (Wildman–Crippen MR) is 35.6 cm³/mol. The topological polar surface area (TPSA) is 33.1 Å². The fraction of sp³-hybridized carbons (Fsp3) is 0.286. The van der Waals surface area contributed by atoms with Gasteiger partial charge in [0.1, 0.15) is 0 Å². The normalized spacial score (nSPS) is 10.8. The Morgan fingerprint density at radius 2 is 2.08 bits per heavy atom. The number of aromatic nitrogens is 1. The summed E-state index contributed by atoms with van der Waals surface area (Å²) in [5, 5.41) is 8.77. The summed E-state index contributed by atoms with van der Waals surface area (Å²) in [6.07, 6.45) is -2.96. The average molecular weight is 177 g/mol. The molecule has 0 fully saturated rings. The van der Waals surface area contributed by atoms with Gasteiger partial charge in [-0.1, -0.05) is 0 Å². The third kappa shape index (κ3) is 1.49. The highest BCUT2D eigenvalue weighted by Gasteiger charge is 2.18. The van der Waals surface area contributed by atoms with Crippen LogP contribution in [0.15, 0.2) is 6.07 Å². The van der Waals surface area contributed by atoms with Gasteiger partial charge in [0, 0.05) is 5.69 Å². The molecule has 5 heteroatoms. The summed E-state index contributed by atoms with van der Waals surface area (Å²) in [6, 6.07) is 0.890. The first-order valence-corrected chi connectivity index (χ1v) is 3.16. The van der Waals surface area contributed by atoms with Crippen LogP contribution in [-0.4, -0.2) is 10.1 Å². The van der Waals surface area contributed by atoms with Crippen molar-refractivity contribution < 1.29 is 18.3 Å². The van der Waals surface area contributed by atoms with Crippen molar-refractivity contribution in [2.45, 2.75) is 13.3 Å². The summed E-state index contributed by atoms with van der Waals surface area (Å²) in [5.74, 6) is -2.15. The van der Waals surface area contributed by atoms with Crippen LogP contribution < -0.4 is 0 Å². The van der Waals surface area contributed by atoms with Crippen LogP contribution in [0.4, 0.5) is 13.2 Å². The molecule has 1 heterocycles. The molecule has 0 aliphatic heterocycles. The van der Waals surface area contributed by atoms with Gasteiger partial charge in [0.2, 0.25) is 0 Å². The van der Waals surface area contributed by atoms with Crippen LogP contribution in [0.1, 0.15) is 17.8 Å². The summed E-state index contributed by atoms with van der Waals surface area (Å²) < 4.78 is 36.6. The van der Waals surface area contributed by atoms with E-state index < -0.39 is 23.7 Å². The molecule has 0 aromatic carbocycles. The number of aromatic hydroxyl groups is 1. The van der Waals surface area contributed by atoms with Crippen LogP contribution >= 0.6 is 0 Å². The molecule has 1 aromatic rings. The lowest BCUT2D eigenvalue weighted by molar-refractivity contribution is 0.140. The first kappa shape index (κ1) is 8.83. The van der Waals surface area contributed by atoms with Crippen molar-refractivity contribution in [1.29, 1.82) is 0 Å². The number of hydrogen-bond acceptors (Lipinski definition) is 2. The van der Waals surface area contributed by atoms with Gasteiger partial charge in [-0.05, 0) is 13.0 Å². The standard InChI is InChI=1S/C7H6F3NO/c1-3-2-4(8)6(12)5(11-3)7(9)10/h2,7,12H,1H3. The number of rotatable bonds is 1. The Labute approximate surface area is 66.7 Å². The Balaban J connectivity index is 3.28. The van der Waals surface area contributed by atoms with E-state index in [9.17, 15) is 13.2 Å². The molecule has 0 saturated carbocycles. The minimum atomic E-state index is -2.96. The Morgan fingerprint density at radius 3 is 2.58 bits per heavy atom. The number of pyridine rings is 1. The largest absolute Gasteiger partial charge is 0.503 e. The van der Waals surface area contributed by atoms with Crippen molar-refractivity contribution in [2.24, 2.45) is 0 Å². The molecule has 0 radical (unpaired) electrons. The molecular weight excluding hydrogens is 171 g/mol. The molecule has 1 rings (SSSR count). The Kier molecular flexibility index (Phi) is 2.21. The second-order valence-electron chi connectivity index (χ2n) is 2.28. The summed E-state index contributed by atoms with van der Waals surface area (Å²) in [4.78, 5) is 3.29. The van der Waals surface area contributed by atoms with E-state index in [0.29, 0.717) is 0 Å². The van der Waals surface area contributed by atoms with Crippen LogP contribution in [0.2, 0.25) is 0 Å². The molecule has 0 aliphatic rings. The van der Waals surface area contributed by atoms with E-state index in [0.717, 1.165) is 6.07 Å². The van der Waals surface area contributed by atoms with Gasteiger partial charge in [-0.25, -0.2) is 18.2 Å². The van der Waals surface area contributed by atoms with Gasteiger partial charge in [-0.2, -0.15) is 0 Å². The molecule has 1 aromatic heterocycles. The lowest BCUT2D eigenvalue weighted by atomic mass is 10.3. The molecule has 1 N–H and O–H groups in total. The zero-order chi connectivity index (χ0) is 9.30. The second kappa shape index (κ2) is 3.00. The highest BCUT2D eigenvalue weighted by molar-refractivity contribution is 5.30. The minimum absolute atomic E-state index is 0.112. The third-order valence-corrected chi connectivity index (χ3v) is 1.31. The first-order chi connectivity index (χ1) is 5.52. The summed E-state index contributed by atoms with van der Waals surface area (Å²) in [6.45, 7) is 1.37. The lowest BCUT2D eigenvalue weighted by Crippen LogP contribution is -1.95. The minimum Gasteiger partial charge on any atom is -0.503 e. The van der Waals surface area contributed by atoms with Crippen molar-refractivity contribution in [2.75, 3.05) is 0 Å². The monoisotopic (exact) mass is 177 g/mol. The van der Waals surface area contributed by atoms with Gasteiger partial charge < -0.3 is 5.11 Å². The SMILES string of the molecule is Cc1cc(F)c(O)c(C(F)F)n1. The molecule has 12 heavy (non-hydrogen) atoms. The quantitative estimate of drug-likeness (QED) is 0.713. The number of halogens is 3. The maximum Gasteiger partial charge on any atom is 0.284 e. The molecule has 0 unspecified atom stereocenters. The van der Waals surface area contributed by atoms with E-state index in [1.165, 1.54) is 6.92 Å². The highest BCUT2D eigenvalue weighted by atomic mass is 19.3. The number of nitrogens with zero attached hydrogens (tertiary/aromatic N) is 1. The molecule has 0 bridgehead atoms.